The molecule has 2 amide bonds. The van der Waals surface area contributed by atoms with Gasteiger partial charge in [-0.3, -0.25) is 9.59 Å². The van der Waals surface area contributed by atoms with Crippen molar-refractivity contribution in [3.05, 3.63) is 64.2 Å². The maximum Gasteiger partial charge on any atom is 0.252 e. The van der Waals surface area contributed by atoms with Crippen molar-refractivity contribution in [3.63, 3.8) is 0 Å². The fraction of sp³-hybridized carbons (Fsp3) is 0.263. The number of fused-ring (bicyclic) bond motifs is 1. The lowest BCUT2D eigenvalue weighted by Gasteiger charge is -2.24. The molecule has 2 aromatic carbocycles. The molecule has 0 spiro atoms. The van der Waals surface area contributed by atoms with Crippen LogP contribution in [0.15, 0.2) is 42.5 Å². The lowest BCUT2D eigenvalue weighted by molar-refractivity contribution is -0.117. The second kappa shape index (κ2) is 7.05. The van der Waals surface area contributed by atoms with Crippen LogP contribution in [0.1, 0.15) is 40.2 Å². The summed E-state index contributed by atoms with van der Waals surface area (Å²) in [5, 5.41) is 5.82. The van der Waals surface area contributed by atoms with Gasteiger partial charge >= 0.3 is 0 Å². The standard InChI is InChI=1S/C19H19ClN2O2/c1-21-18(23)16-11-13(9-10-17(16)20)22-19(24)15-8-4-6-12-5-2-3-7-14(12)15/h2-3,5,7,9-11,15H,4,6,8H2,1H3,(H,21,23)(H,22,24). The van der Waals surface area contributed by atoms with Crippen LogP contribution >= 0.6 is 11.6 Å². The number of rotatable bonds is 3. The molecule has 1 unspecified atom stereocenters. The van der Waals surface area contributed by atoms with Crippen LogP contribution in [0.4, 0.5) is 5.69 Å². The van der Waals surface area contributed by atoms with Crippen LogP contribution in [0, 0.1) is 0 Å². The number of carbonyl (C=O) groups is 2. The zero-order valence-corrected chi connectivity index (χ0v) is 14.2. The Morgan fingerprint density at radius 1 is 1.17 bits per heavy atom. The minimum absolute atomic E-state index is 0.0488. The Balaban J connectivity index is 1.82. The van der Waals surface area contributed by atoms with Gasteiger partial charge in [0.25, 0.3) is 5.91 Å². The first-order valence-corrected chi connectivity index (χ1v) is 8.38. The number of anilines is 1. The van der Waals surface area contributed by atoms with E-state index in [4.69, 9.17) is 11.6 Å². The number of hydrogen-bond acceptors (Lipinski definition) is 2. The number of amides is 2. The van der Waals surface area contributed by atoms with Crippen molar-refractivity contribution in [2.75, 3.05) is 12.4 Å². The van der Waals surface area contributed by atoms with Gasteiger partial charge in [-0.2, -0.15) is 0 Å². The van der Waals surface area contributed by atoms with Gasteiger partial charge in [-0.1, -0.05) is 35.9 Å². The summed E-state index contributed by atoms with van der Waals surface area (Å²) in [6.07, 6.45) is 2.85. The Morgan fingerprint density at radius 3 is 2.75 bits per heavy atom. The smallest absolute Gasteiger partial charge is 0.252 e. The minimum atomic E-state index is -0.279. The van der Waals surface area contributed by atoms with E-state index < -0.39 is 0 Å². The highest BCUT2D eigenvalue weighted by Crippen LogP contribution is 2.32. The Bertz CT molecular complexity index is 789. The zero-order chi connectivity index (χ0) is 17.1. The van der Waals surface area contributed by atoms with E-state index in [1.807, 2.05) is 18.2 Å². The predicted octanol–water partition coefficient (Wildman–Crippen LogP) is 3.76. The Hall–Kier alpha value is -2.33. The second-order valence-corrected chi connectivity index (χ2v) is 6.31. The molecule has 1 aliphatic carbocycles. The SMILES string of the molecule is CNC(=O)c1cc(NC(=O)C2CCCc3ccccc32)ccc1Cl. The number of halogens is 1. The molecule has 4 nitrogen and oxygen atoms in total. The van der Waals surface area contributed by atoms with Gasteiger partial charge in [0, 0.05) is 12.7 Å². The van der Waals surface area contributed by atoms with Crippen molar-refractivity contribution < 1.29 is 9.59 Å². The fourth-order valence-corrected chi connectivity index (χ4v) is 3.37. The van der Waals surface area contributed by atoms with Crippen LogP contribution in [0.2, 0.25) is 5.02 Å². The molecule has 0 saturated heterocycles. The normalized spacial score (nSPS) is 16.2. The van der Waals surface area contributed by atoms with Crippen molar-refractivity contribution in [2.45, 2.75) is 25.2 Å². The van der Waals surface area contributed by atoms with Crippen LogP contribution < -0.4 is 10.6 Å². The average molecular weight is 343 g/mol. The third-order valence-electron chi connectivity index (χ3n) is 4.39. The Labute approximate surface area is 146 Å². The monoisotopic (exact) mass is 342 g/mol. The molecular formula is C19H19ClN2O2. The Morgan fingerprint density at radius 2 is 1.96 bits per heavy atom. The van der Waals surface area contributed by atoms with E-state index in [-0.39, 0.29) is 17.7 Å². The summed E-state index contributed by atoms with van der Waals surface area (Å²) >= 11 is 6.05. The largest absolute Gasteiger partial charge is 0.355 e. The van der Waals surface area contributed by atoms with Gasteiger partial charge in [0.1, 0.15) is 0 Å². The van der Waals surface area contributed by atoms with Crippen LogP contribution in [-0.4, -0.2) is 18.9 Å². The molecule has 5 heteroatoms. The van der Waals surface area contributed by atoms with Crippen molar-refractivity contribution in [2.24, 2.45) is 0 Å². The molecule has 1 atom stereocenters. The Kier molecular flexibility index (Phi) is 4.86. The molecule has 124 valence electrons. The summed E-state index contributed by atoms with van der Waals surface area (Å²) in [5.41, 5.74) is 3.26. The summed E-state index contributed by atoms with van der Waals surface area (Å²) in [4.78, 5) is 24.6. The topological polar surface area (TPSA) is 58.2 Å². The summed E-state index contributed by atoms with van der Waals surface area (Å²) < 4.78 is 0. The van der Waals surface area contributed by atoms with Crippen LogP contribution in [0.3, 0.4) is 0 Å². The van der Waals surface area contributed by atoms with Crippen molar-refractivity contribution in [1.29, 1.82) is 0 Å². The number of hydrogen-bond donors (Lipinski definition) is 2. The van der Waals surface area contributed by atoms with Crippen LogP contribution in [0.5, 0.6) is 0 Å². The van der Waals surface area contributed by atoms with E-state index in [9.17, 15) is 9.59 Å². The first-order valence-electron chi connectivity index (χ1n) is 8.00. The number of carbonyl (C=O) groups excluding carboxylic acids is 2. The molecule has 0 bridgehead atoms. The maximum absolute atomic E-state index is 12.7. The number of aryl methyl sites for hydroxylation is 1. The van der Waals surface area contributed by atoms with Crippen LogP contribution in [0.25, 0.3) is 0 Å². The molecule has 0 radical (unpaired) electrons. The van der Waals surface area contributed by atoms with Crippen molar-refractivity contribution in [1.82, 2.24) is 5.32 Å². The first kappa shape index (κ1) is 16.5. The summed E-state index contributed by atoms with van der Waals surface area (Å²) in [6, 6.07) is 13.0. The van der Waals surface area contributed by atoms with Crippen molar-refractivity contribution in [3.8, 4) is 0 Å². The molecule has 24 heavy (non-hydrogen) atoms. The summed E-state index contributed by atoms with van der Waals surface area (Å²) in [6.45, 7) is 0. The van der Waals surface area contributed by atoms with E-state index in [1.54, 1.807) is 25.2 Å². The lowest BCUT2D eigenvalue weighted by atomic mass is 9.82. The maximum atomic E-state index is 12.7. The van der Waals surface area contributed by atoms with E-state index in [2.05, 4.69) is 16.7 Å². The highest BCUT2D eigenvalue weighted by atomic mass is 35.5. The lowest BCUT2D eigenvalue weighted by Crippen LogP contribution is -2.25. The minimum Gasteiger partial charge on any atom is -0.355 e. The molecule has 2 aromatic rings. The number of benzene rings is 2. The molecule has 0 heterocycles. The third kappa shape index (κ3) is 3.29. The average Bonchev–Trinajstić information content (AvgIpc) is 2.62. The first-order chi connectivity index (χ1) is 11.6. The molecule has 0 aliphatic heterocycles. The van der Waals surface area contributed by atoms with Gasteiger partial charge in [-0.15, -0.1) is 0 Å². The molecule has 0 fully saturated rings. The fourth-order valence-electron chi connectivity index (χ4n) is 3.17. The van der Waals surface area contributed by atoms with Gasteiger partial charge < -0.3 is 10.6 Å². The quantitative estimate of drug-likeness (QED) is 0.892. The van der Waals surface area contributed by atoms with E-state index in [0.717, 1.165) is 24.8 Å². The highest BCUT2D eigenvalue weighted by molar-refractivity contribution is 6.34. The van der Waals surface area contributed by atoms with Gasteiger partial charge in [0.05, 0.1) is 16.5 Å². The zero-order valence-electron chi connectivity index (χ0n) is 13.4. The summed E-state index contributed by atoms with van der Waals surface area (Å²) in [7, 11) is 1.54. The molecule has 1 aliphatic rings. The molecule has 3 rings (SSSR count). The second-order valence-electron chi connectivity index (χ2n) is 5.91. The van der Waals surface area contributed by atoms with E-state index >= 15 is 0 Å². The molecule has 0 aromatic heterocycles. The highest BCUT2D eigenvalue weighted by Gasteiger charge is 2.26. The van der Waals surface area contributed by atoms with Gasteiger partial charge in [0.2, 0.25) is 5.91 Å². The predicted molar refractivity (Wildman–Crippen MR) is 95.6 cm³/mol. The molecular weight excluding hydrogens is 324 g/mol. The number of nitrogens with one attached hydrogen (secondary N) is 2. The molecule has 0 saturated carbocycles. The third-order valence-corrected chi connectivity index (χ3v) is 4.72. The van der Waals surface area contributed by atoms with E-state index in [1.165, 1.54) is 5.56 Å². The van der Waals surface area contributed by atoms with Crippen molar-refractivity contribution >= 4 is 29.1 Å². The summed E-state index contributed by atoms with van der Waals surface area (Å²) in [5.74, 6) is -0.486. The van der Waals surface area contributed by atoms with Gasteiger partial charge in [0.15, 0.2) is 0 Å². The molecule has 2 N–H and O–H groups in total. The van der Waals surface area contributed by atoms with E-state index in [0.29, 0.717) is 16.3 Å². The van der Waals surface area contributed by atoms with Gasteiger partial charge in [-0.05, 0) is 48.6 Å². The van der Waals surface area contributed by atoms with Gasteiger partial charge in [-0.25, -0.2) is 0 Å². The van der Waals surface area contributed by atoms with Crippen LogP contribution in [-0.2, 0) is 11.2 Å².